The number of nitrogens with two attached hydrogens (primary N) is 1. The molecule has 64 valence electrons. The molecular weight excluding hydrogens is 138 g/mol. The number of likely N-dealkylation sites (tertiary alicyclic amines) is 1. The van der Waals surface area contributed by atoms with Crippen LogP contribution in [0.4, 0.5) is 0 Å². The molecule has 0 radical (unpaired) electrons. The van der Waals surface area contributed by atoms with E-state index in [1.807, 2.05) is 0 Å². The number of nitrogens with zero attached hydrogens (tertiary/aromatic N) is 1. The van der Waals surface area contributed by atoms with Gasteiger partial charge in [0.25, 0.3) is 0 Å². The molecule has 3 nitrogen and oxygen atoms in total. The standard InChI is InChI=1S/C8H17N3/c9-5-4-8(10)11-6-2-1-3-7-11/h10H,1-7,9H2. The maximum absolute atomic E-state index is 7.63. The molecule has 0 aromatic heterocycles. The van der Waals surface area contributed by atoms with Gasteiger partial charge in [0.1, 0.15) is 0 Å². The zero-order chi connectivity index (χ0) is 8.10. The molecule has 1 rings (SSSR count). The first-order valence-corrected chi connectivity index (χ1v) is 4.37. The maximum atomic E-state index is 7.63. The Bertz CT molecular complexity index is 127. The van der Waals surface area contributed by atoms with Crippen molar-refractivity contribution in [2.75, 3.05) is 19.6 Å². The molecule has 11 heavy (non-hydrogen) atoms. The fourth-order valence-electron chi connectivity index (χ4n) is 1.46. The second kappa shape index (κ2) is 4.34. The quantitative estimate of drug-likeness (QED) is 0.458. The lowest BCUT2D eigenvalue weighted by Gasteiger charge is -2.28. The van der Waals surface area contributed by atoms with Crippen LogP contribution >= 0.6 is 0 Å². The summed E-state index contributed by atoms with van der Waals surface area (Å²) in [5, 5.41) is 7.63. The van der Waals surface area contributed by atoms with Gasteiger partial charge in [-0.15, -0.1) is 0 Å². The fourth-order valence-corrected chi connectivity index (χ4v) is 1.46. The molecule has 0 saturated carbocycles. The number of piperidine rings is 1. The van der Waals surface area contributed by atoms with Crippen LogP contribution in [0.25, 0.3) is 0 Å². The van der Waals surface area contributed by atoms with Crippen LogP contribution in [0.5, 0.6) is 0 Å². The number of rotatable bonds is 2. The summed E-state index contributed by atoms with van der Waals surface area (Å²) in [4.78, 5) is 2.15. The second-order valence-electron chi connectivity index (χ2n) is 3.03. The van der Waals surface area contributed by atoms with E-state index in [0.717, 1.165) is 25.3 Å². The molecule has 1 aliphatic rings. The monoisotopic (exact) mass is 155 g/mol. The summed E-state index contributed by atoms with van der Waals surface area (Å²) < 4.78 is 0. The smallest absolute Gasteiger partial charge is 0.0970 e. The van der Waals surface area contributed by atoms with E-state index in [1.165, 1.54) is 19.3 Å². The van der Waals surface area contributed by atoms with E-state index < -0.39 is 0 Å². The average molecular weight is 155 g/mol. The molecule has 0 unspecified atom stereocenters. The lowest BCUT2D eigenvalue weighted by atomic mass is 10.1. The largest absolute Gasteiger partial charge is 0.361 e. The molecule has 0 amide bonds. The molecule has 0 spiro atoms. The third-order valence-corrected chi connectivity index (χ3v) is 2.12. The third kappa shape index (κ3) is 2.50. The van der Waals surface area contributed by atoms with Gasteiger partial charge >= 0.3 is 0 Å². The van der Waals surface area contributed by atoms with Gasteiger partial charge in [-0.1, -0.05) is 0 Å². The van der Waals surface area contributed by atoms with E-state index in [9.17, 15) is 0 Å². The number of nitrogens with one attached hydrogen (secondary N) is 1. The Morgan fingerprint density at radius 3 is 2.45 bits per heavy atom. The van der Waals surface area contributed by atoms with Gasteiger partial charge in [-0.3, -0.25) is 5.41 Å². The molecule has 1 aliphatic heterocycles. The highest BCUT2D eigenvalue weighted by atomic mass is 15.2. The van der Waals surface area contributed by atoms with E-state index in [1.54, 1.807) is 0 Å². The Morgan fingerprint density at radius 1 is 1.27 bits per heavy atom. The van der Waals surface area contributed by atoms with E-state index in [-0.39, 0.29) is 0 Å². The zero-order valence-electron chi connectivity index (χ0n) is 6.97. The Hall–Kier alpha value is -0.570. The minimum Gasteiger partial charge on any atom is -0.361 e. The van der Waals surface area contributed by atoms with E-state index in [2.05, 4.69) is 4.90 Å². The average Bonchev–Trinajstić information content (AvgIpc) is 2.07. The van der Waals surface area contributed by atoms with Crippen molar-refractivity contribution in [3.05, 3.63) is 0 Å². The molecule has 0 aromatic rings. The first-order valence-electron chi connectivity index (χ1n) is 4.37. The van der Waals surface area contributed by atoms with Crippen molar-refractivity contribution in [3.8, 4) is 0 Å². The van der Waals surface area contributed by atoms with Crippen molar-refractivity contribution < 1.29 is 0 Å². The summed E-state index contributed by atoms with van der Waals surface area (Å²) in [5.74, 6) is 0.729. The summed E-state index contributed by atoms with van der Waals surface area (Å²) in [6, 6.07) is 0. The molecule has 3 heteroatoms. The van der Waals surface area contributed by atoms with Crippen LogP contribution in [0, 0.1) is 5.41 Å². The summed E-state index contributed by atoms with van der Waals surface area (Å²) in [7, 11) is 0. The topological polar surface area (TPSA) is 53.1 Å². The molecule has 0 aliphatic carbocycles. The Kier molecular flexibility index (Phi) is 3.36. The SMILES string of the molecule is N=C(CCN)N1CCCCC1. The van der Waals surface area contributed by atoms with Crippen LogP contribution in [-0.2, 0) is 0 Å². The Balaban J connectivity index is 2.27. The molecule has 0 aromatic carbocycles. The number of hydrogen-bond donors (Lipinski definition) is 2. The zero-order valence-corrected chi connectivity index (χ0v) is 6.97. The molecule has 3 N–H and O–H groups in total. The summed E-state index contributed by atoms with van der Waals surface area (Å²) in [5.41, 5.74) is 5.37. The maximum Gasteiger partial charge on any atom is 0.0970 e. The van der Waals surface area contributed by atoms with Crippen LogP contribution in [0.1, 0.15) is 25.7 Å². The van der Waals surface area contributed by atoms with Gasteiger partial charge in [-0.05, 0) is 25.8 Å². The molecule has 0 atom stereocenters. The molecular formula is C8H17N3. The normalized spacial score (nSPS) is 18.5. The minimum atomic E-state index is 0.606. The summed E-state index contributed by atoms with van der Waals surface area (Å²) in [6.07, 6.45) is 4.55. The van der Waals surface area contributed by atoms with Crippen molar-refractivity contribution in [3.63, 3.8) is 0 Å². The van der Waals surface area contributed by atoms with Crippen molar-refractivity contribution in [2.45, 2.75) is 25.7 Å². The van der Waals surface area contributed by atoms with Crippen molar-refractivity contribution in [1.82, 2.24) is 4.90 Å². The molecule has 1 saturated heterocycles. The first kappa shape index (κ1) is 8.53. The van der Waals surface area contributed by atoms with Crippen molar-refractivity contribution in [2.24, 2.45) is 5.73 Å². The molecule has 1 heterocycles. The van der Waals surface area contributed by atoms with Crippen LogP contribution < -0.4 is 5.73 Å². The van der Waals surface area contributed by atoms with E-state index >= 15 is 0 Å². The predicted octanol–water partition coefficient (Wildman–Crippen LogP) is 0.798. The predicted molar refractivity (Wildman–Crippen MR) is 46.8 cm³/mol. The first-order chi connectivity index (χ1) is 5.34. The summed E-state index contributed by atoms with van der Waals surface area (Å²) >= 11 is 0. The van der Waals surface area contributed by atoms with Crippen LogP contribution in [0.2, 0.25) is 0 Å². The van der Waals surface area contributed by atoms with E-state index in [0.29, 0.717) is 6.54 Å². The van der Waals surface area contributed by atoms with Gasteiger partial charge in [0.05, 0.1) is 5.84 Å². The van der Waals surface area contributed by atoms with Crippen molar-refractivity contribution in [1.29, 1.82) is 5.41 Å². The van der Waals surface area contributed by atoms with Crippen LogP contribution in [-0.4, -0.2) is 30.4 Å². The Morgan fingerprint density at radius 2 is 1.91 bits per heavy atom. The van der Waals surface area contributed by atoms with E-state index in [4.69, 9.17) is 11.1 Å². The highest BCUT2D eigenvalue weighted by Gasteiger charge is 2.11. The van der Waals surface area contributed by atoms with Crippen molar-refractivity contribution >= 4 is 5.84 Å². The fraction of sp³-hybridized carbons (Fsp3) is 0.875. The van der Waals surface area contributed by atoms with Gasteiger partial charge in [0.15, 0.2) is 0 Å². The summed E-state index contributed by atoms with van der Waals surface area (Å²) in [6.45, 7) is 2.74. The Labute approximate surface area is 68.1 Å². The minimum absolute atomic E-state index is 0.606. The van der Waals surface area contributed by atoms with Gasteiger partial charge in [-0.2, -0.15) is 0 Å². The second-order valence-corrected chi connectivity index (χ2v) is 3.03. The van der Waals surface area contributed by atoms with Gasteiger partial charge < -0.3 is 10.6 Å². The van der Waals surface area contributed by atoms with Gasteiger partial charge in [0, 0.05) is 19.5 Å². The molecule has 1 fully saturated rings. The van der Waals surface area contributed by atoms with Crippen LogP contribution in [0.3, 0.4) is 0 Å². The highest BCUT2D eigenvalue weighted by Crippen LogP contribution is 2.09. The van der Waals surface area contributed by atoms with Gasteiger partial charge in [-0.25, -0.2) is 0 Å². The highest BCUT2D eigenvalue weighted by molar-refractivity contribution is 5.79. The number of hydrogen-bond acceptors (Lipinski definition) is 2. The number of amidine groups is 1. The third-order valence-electron chi connectivity index (χ3n) is 2.12. The van der Waals surface area contributed by atoms with Gasteiger partial charge in [0.2, 0.25) is 0 Å². The lowest BCUT2D eigenvalue weighted by molar-refractivity contribution is 0.335. The molecule has 0 bridgehead atoms. The lowest BCUT2D eigenvalue weighted by Crippen LogP contribution is -2.36. The van der Waals surface area contributed by atoms with Crippen LogP contribution in [0.15, 0.2) is 0 Å².